The molecule has 0 aliphatic carbocycles. The van der Waals surface area contributed by atoms with Crippen molar-refractivity contribution in [2.24, 2.45) is 0 Å². The zero-order chi connectivity index (χ0) is 19.4. The van der Waals surface area contributed by atoms with Gasteiger partial charge in [-0.25, -0.2) is 12.8 Å². The van der Waals surface area contributed by atoms with Gasteiger partial charge >= 0.3 is 0 Å². The molecule has 0 spiro atoms. The van der Waals surface area contributed by atoms with E-state index < -0.39 is 21.9 Å². The van der Waals surface area contributed by atoms with E-state index in [9.17, 15) is 17.6 Å². The SMILES string of the molecule is O=C(NCCc1ccc(Cl)cc1)[C@H]1CCCN1S(=O)(=O)c1ccc(F)cc1. The molecule has 8 heteroatoms. The Morgan fingerprint density at radius 1 is 1.15 bits per heavy atom. The molecule has 3 rings (SSSR count). The second kappa shape index (κ2) is 8.37. The summed E-state index contributed by atoms with van der Waals surface area (Å²) >= 11 is 5.85. The normalized spacial score (nSPS) is 17.8. The van der Waals surface area contributed by atoms with Gasteiger partial charge in [0, 0.05) is 18.1 Å². The Bertz CT molecular complexity index is 902. The van der Waals surface area contributed by atoms with Gasteiger partial charge in [0.1, 0.15) is 11.9 Å². The average Bonchev–Trinajstić information content (AvgIpc) is 3.14. The van der Waals surface area contributed by atoms with Crippen LogP contribution in [0.1, 0.15) is 18.4 Å². The van der Waals surface area contributed by atoms with Gasteiger partial charge in [-0.05, 0) is 61.2 Å². The van der Waals surface area contributed by atoms with E-state index in [4.69, 9.17) is 11.6 Å². The lowest BCUT2D eigenvalue weighted by Crippen LogP contribution is -2.46. The van der Waals surface area contributed by atoms with Crippen LogP contribution in [0.5, 0.6) is 0 Å². The Labute approximate surface area is 163 Å². The van der Waals surface area contributed by atoms with Crippen LogP contribution in [0, 0.1) is 5.82 Å². The molecular weight excluding hydrogens is 391 g/mol. The number of nitrogens with zero attached hydrogens (tertiary/aromatic N) is 1. The first-order valence-corrected chi connectivity index (χ1v) is 10.5. The van der Waals surface area contributed by atoms with Gasteiger partial charge in [-0.3, -0.25) is 4.79 Å². The van der Waals surface area contributed by atoms with Gasteiger partial charge in [0.2, 0.25) is 15.9 Å². The third-order valence-electron chi connectivity index (χ3n) is 4.55. The van der Waals surface area contributed by atoms with E-state index in [2.05, 4.69) is 5.32 Å². The summed E-state index contributed by atoms with van der Waals surface area (Å²) in [6, 6.07) is 11.2. The van der Waals surface area contributed by atoms with Crippen LogP contribution >= 0.6 is 11.6 Å². The van der Waals surface area contributed by atoms with Crippen molar-refractivity contribution in [2.75, 3.05) is 13.1 Å². The summed E-state index contributed by atoms with van der Waals surface area (Å²) in [5.41, 5.74) is 1.03. The molecule has 0 unspecified atom stereocenters. The maximum Gasteiger partial charge on any atom is 0.243 e. The maximum absolute atomic E-state index is 13.1. The molecule has 1 atom stereocenters. The van der Waals surface area contributed by atoms with Gasteiger partial charge in [0.05, 0.1) is 4.90 Å². The number of hydrogen-bond donors (Lipinski definition) is 1. The van der Waals surface area contributed by atoms with E-state index in [-0.39, 0.29) is 17.3 Å². The number of sulfonamides is 1. The topological polar surface area (TPSA) is 66.5 Å². The Balaban J connectivity index is 1.63. The third-order valence-corrected chi connectivity index (χ3v) is 6.73. The largest absolute Gasteiger partial charge is 0.354 e. The molecule has 144 valence electrons. The molecule has 1 N–H and O–H groups in total. The van der Waals surface area contributed by atoms with Crippen LogP contribution in [-0.4, -0.2) is 37.8 Å². The number of amides is 1. The molecule has 27 heavy (non-hydrogen) atoms. The Kier molecular flexibility index (Phi) is 6.14. The minimum Gasteiger partial charge on any atom is -0.354 e. The summed E-state index contributed by atoms with van der Waals surface area (Å²) < 4.78 is 39.9. The van der Waals surface area contributed by atoms with Gasteiger partial charge in [-0.15, -0.1) is 0 Å². The molecule has 2 aromatic rings. The van der Waals surface area contributed by atoms with Gasteiger partial charge in [-0.2, -0.15) is 4.31 Å². The van der Waals surface area contributed by atoms with Crippen molar-refractivity contribution < 1.29 is 17.6 Å². The summed E-state index contributed by atoms with van der Waals surface area (Å²) in [5, 5.41) is 3.46. The first kappa shape index (κ1) is 19.8. The fraction of sp³-hybridized carbons (Fsp3) is 0.316. The third kappa shape index (κ3) is 4.66. The molecule has 0 bridgehead atoms. The second-order valence-electron chi connectivity index (χ2n) is 6.40. The highest BCUT2D eigenvalue weighted by Gasteiger charge is 2.39. The first-order chi connectivity index (χ1) is 12.9. The quantitative estimate of drug-likeness (QED) is 0.796. The van der Waals surface area contributed by atoms with Crippen LogP contribution in [-0.2, 0) is 21.2 Å². The van der Waals surface area contributed by atoms with Crippen molar-refractivity contribution in [3.8, 4) is 0 Å². The molecule has 1 aliphatic rings. The van der Waals surface area contributed by atoms with E-state index in [1.54, 1.807) is 12.1 Å². The Morgan fingerprint density at radius 3 is 2.48 bits per heavy atom. The number of carbonyl (C=O) groups is 1. The van der Waals surface area contributed by atoms with Crippen LogP contribution < -0.4 is 5.32 Å². The smallest absolute Gasteiger partial charge is 0.243 e. The monoisotopic (exact) mass is 410 g/mol. The lowest BCUT2D eigenvalue weighted by atomic mass is 10.1. The molecule has 0 radical (unpaired) electrons. The van der Waals surface area contributed by atoms with Crippen molar-refractivity contribution in [2.45, 2.75) is 30.2 Å². The average molecular weight is 411 g/mol. The molecule has 1 amide bonds. The molecule has 0 saturated carbocycles. The zero-order valence-corrected chi connectivity index (χ0v) is 16.1. The standard InChI is InChI=1S/C19H20ClFN2O3S/c20-15-5-3-14(4-6-15)11-12-22-19(24)18-2-1-13-23(18)27(25,26)17-9-7-16(21)8-10-17/h3-10,18H,1-2,11-13H2,(H,22,24)/t18-/m1/s1. The molecule has 1 saturated heterocycles. The van der Waals surface area contributed by atoms with Crippen molar-refractivity contribution >= 4 is 27.5 Å². The molecule has 1 fully saturated rings. The fourth-order valence-electron chi connectivity index (χ4n) is 3.13. The molecule has 1 aliphatic heterocycles. The van der Waals surface area contributed by atoms with Gasteiger partial charge in [0.15, 0.2) is 0 Å². The highest BCUT2D eigenvalue weighted by Crippen LogP contribution is 2.26. The van der Waals surface area contributed by atoms with Crippen LogP contribution in [0.4, 0.5) is 4.39 Å². The lowest BCUT2D eigenvalue weighted by molar-refractivity contribution is -0.124. The number of rotatable bonds is 6. The number of nitrogens with one attached hydrogen (secondary N) is 1. The molecular formula is C19H20ClFN2O3S. The molecule has 5 nitrogen and oxygen atoms in total. The first-order valence-electron chi connectivity index (χ1n) is 8.67. The number of carbonyl (C=O) groups excluding carboxylic acids is 1. The summed E-state index contributed by atoms with van der Waals surface area (Å²) in [7, 11) is -3.84. The summed E-state index contributed by atoms with van der Waals surface area (Å²) in [6.45, 7) is 0.677. The van der Waals surface area contributed by atoms with Gasteiger partial charge in [0.25, 0.3) is 0 Å². The van der Waals surface area contributed by atoms with E-state index in [1.165, 1.54) is 16.4 Å². The summed E-state index contributed by atoms with van der Waals surface area (Å²) in [4.78, 5) is 12.5. The van der Waals surface area contributed by atoms with Crippen LogP contribution in [0.15, 0.2) is 53.4 Å². The predicted octanol–water partition coefficient (Wildman–Crippen LogP) is 2.99. The van der Waals surface area contributed by atoms with E-state index in [0.29, 0.717) is 30.8 Å². The number of hydrogen-bond acceptors (Lipinski definition) is 3. The fourth-order valence-corrected chi connectivity index (χ4v) is 4.91. The van der Waals surface area contributed by atoms with Gasteiger partial charge in [-0.1, -0.05) is 23.7 Å². The van der Waals surface area contributed by atoms with Crippen molar-refractivity contribution in [1.82, 2.24) is 9.62 Å². The van der Waals surface area contributed by atoms with E-state index in [1.807, 2.05) is 12.1 Å². The highest BCUT2D eigenvalue weighted by molar-refractivity contribution is 7.89. The van der Waals surface area contributed by atoms with E-state index >= 15 is 0 Å². The predicted molar refractivity (Wildman–Crippen MR) is 101 cm³/mol. The van der Waals surface area contributed by atoms with Crippen LogP contribution in [0.2, 0.25) is 5.02 Å². The van der Waals surface area contributed by atoms with Crippen molar-refractivity contribution in [3.05, 3.63) is 64.9 Å². The minimum atomic E-state index is -3.84. The van der Waals surface area contributed by atoms with Crippen molar-refractivity contribution in [1.29, 1.82) is 0 Å². The Hall–Kier alpha value is -1.96. The van der Waals surface area contributed by atoms with Gasteiger partial charge < -0.3 is 5.32 Å². The molecule has 2 aromatic carbocycles. The highest BCUT2D eigenvalue weighted by atomic mass is 35.5. The number of halogens is 2. The van der Waals surface area contributed by atoms with E-state index in [0.717, 1.165) is 17.7 Å². The Morgan fingerprint density at radius 2 is 1.81 bits per heavy atom. The molecule has 1 heterocycles. The maximum atomic E-state index is 13.1. The summed E-state index contributed by atoms with van der Waals surface area (Å²) in [5.74, 6) is -0.820. The van der Waals surface area contributed by atoms with Crippen molar-refractivity contribution in [3.63, 3.8) is 0 Å². The summed E-state index contributed by atoms with van der Waals surface area (Å²) in [6.07, 6.45) is 1.70. The zero-order valence-electron chi connectivity index (χ0n) is 14.6. The lowest BCUT2D eigenvalue weighted by Gasteiger charge is -2.23. The number of benzene rings is 2. The second-order valence-corrected chi connectivity index (χ2v) is 8.72. The minimum absolute atomic E-state index is 0.00948. The van der Waals surface area contributed by atoms with Crippen LogP contribution in [0.3, 0.4) is 0 Å². The van der Waals surface area contributed by atoms with Crippen LogP contribution in [0.25, 0.3) is 0 Å². The molecule has 0 aromatic heterocycles.